The Morgan fingerprint density at radius 1 is 1.45 bits per heavy atom. The highest BCUT2D eigenvalue weighted by Crippen LogP contribution is 2.22. The first-order valence-corrected chi connectivity index (χ1v) is 7.80. The molecule has 20 heavy (non-hydrogen) atoms. The first-order valence-electron chi connectivity index (χ1n) is 5.98. The highest BCUT2D eigenvalue weighted by Gasteiger charge is 2.26. The average molecular weight is 315 g/mol. The Morgan fingerprint density at radius 2 is 2.20 bits per heavy atom. The number of nitrogens with two attached hydrogens (primary N) is 1. The molecule has 0 saturated heterocycles. The molecule has 1 aromatic heterocycles. The molecule has 0 bridgehead atoms. The van der Waals surface area contributed by atoms with Crippen LogP contribution in [-0.4, -0.2) is 29.5 Å². The molecule has 0 radical (unpaired) electrons. The number of nitrogen functional groups attached to an aromatic ring is 1. The number of nitrogens with zero attached hydrogens (tertiary/aromatic N) is 2. The van der Waals surface area contributed by atoms with E-state index in [-0.39, 0.29) is 17.3 Å². The number of benzene rings is 1. The summed E-state index contributed by atoms with van der Waals surface area (Å²) < 4.78 is 26.3. The van der Waals surface area contributed by atoms with Gasteiger partial charge in [-0.3, -0.25) is 5.10 Å². The van der Waals surface area contributed by atoms with Crippen LogP contribution in [0, 0.1) is 0 Å². The molecule has 0 aliphatic rings. The fraction of sp³-hybridized carbons (Fsp3) is 0.250. The zero-order chi connectivity index (χ0) is 14.8. The second kappa shape index (κ2) is 5.82. The maximum atomic E-state index is 12.5. The molecule has 0 fully saturated rings. The Kier molecular flexibility index (Phi) is 4.32. The normalized spacial score (nSPS) is 11.9. The zero-order valence-electron chi connectivity index (χ0n) is 10.9. The first kappa shape index (κ1) is 14.8. The summed E-state index contributed by atoms with van der Waals surface area (Å²) in [6.07, 6.45) is 1.21. The van der Waals surface area contributed by atoms with Gasteiger partial charge in [-0.05, 0) is 17.7 Å². The number of sulfonamides is 1. The molecule has 8 heteroatoms. The Morgan fingerprint density at radius 3 is 2.75 bits per heavy atom. The summed E-state index contributed by atoms with van der Waals surface area (Å²) in [6.45, 7) is 2.31. The van der Waals surface area contributed by atoms with Crippen LogP contribution in [0.2, 0.25) is 5.02 Å². The van der Waals surface area contributed by atoms with E-state index in [1.165, 1.54) is 10.5 Å². The molecule has 6 nitrogen and oxygen atoms in total. The van der Waals surface area contributed by atoms with Gasteiger partial charge in [0.25, 0.3) is 0 Å². The lowest BCUT2D eigenvalue weighted by Gasteiger charge is -2.20. The smallest absolute Gasteiger partial charge is 0.248 e. The number of rotatable bonds is 5. The van der Waals surface area contributed by atoms with Gasteiger partial charge in [-0.25, -0.2) is 8.42 Å². The Balaban J connectivity index is 2.31. The van der Waals surface area contributed by atoms with Crippen LogP contribution in [0.4, 0.5) is 5.82 Å². The van der Waals surface area contributed by atoms with E-state index in [1.807, 2.05) is 6.07 Å². The van der Waals surface area contributed by atoms with Crippen LogP contribution >= 0.6 is 11.6 Å². The predicted octanol–water partition coefficient (Wildman–Crippen LogP) is 1.86. The molecule has 0 atom stereocenters. The molecule has 2 rings (SSSR count). The number of nitrogens with one attached hydrogen (secondary N) is 1. The van der Waals surface area contributed by atoms with E-state index in [2.05, 4.69) is 10.2 Å². The number of aromatic amines is 1. The van der Waals surface area contributed by atoms with E-state index < -0.39 is 10.0 Å². The SMILES string of the molecule is CCN(Cc1cccc(Cl)c1)S(=O)(=O)c1cn[nH]c1N. The molecule has 1 heterocycles. The van der Waals surface area contributed by atoms with Crippen molar-refractivity contribution in [2.75, 3.05) is 12.3 Å². The number of H-pyrrole nitrogens is 1. The topological polar surface area (TPSA) is 92.1 Å². The van der Waals surface area contributed by atoms with Crippen LogP contribution in [0.25, 0.3) is 0 Å². The summed E-state index contributed by atoms with van der Waals surface area (Å²) in [5.41, 5.74) is 6.40. The van der Waals surface area contributed by atoms with Crippen LogP contribution in [-0.2, 0) is 16.6 Å². The van der Waals surface area contributed by atoms with Crippen LogP contribution in [0.5, 0.6) is 0 Å². The number of aromatic nitrogens is 2. The van der Waals surface area contributed by atoms with Crippen LogP contribution in [0.3, 0.4) is 0 Å². The average Bonchev–Trinajstić information content (AvgIpc) is 2.83. The minimum atomic E-state index is -3.68. The van der Waals surface area contributed by atoms with Gasteiger partial charge in [0.15, 0.2) is 0 Å². The van der Waals surface area contributed by atoms with E-state index in [4.69, 9.17) is 17.3 Å². The van der Waals surface area contributed by atoms with Gasteiger partial charge in [0.2, 0.25) is 10.0 Å². The lowest BCUT2D eigenvalue weighted by atomic mass is 10.2. The standard InChI is InChI=1S/C12H15ClN4O2S/c1-2-17(8-9-4-3-5-10(13)6-9)20(18,19)11-7-15-16-12(11)14/h3-7H,2,8H2,1H3,(H3,14,15,16). The third kappa shape index (κ3) is 2.95. The molecule has 0 spiro atoms. The lowest BCUT2D eigenvalue weighted by molar-refractivity contribution is 0.424. The van der Waals surface area contributed by atoms with Gasteiger partial charge in [-0.2, -0.15) is 9.40 Å². The van der Waals surface area contributed by atoms with Crippen LogP contribution in [0.1, 0.15) is 12.5 Å². The molecule has 0 amide bonds. The second-order valence-corrected chi connectivity index (χ2v) is 6.55. The van der Waals surface area contributed by atoms with Crippen molar-refractivity contribution >= 4 is 27.4 Å². The molecule has 0 aliphatic heterocycles. The maximum absolute atomic E-state index is 12.5. The number of anilines is 1. The van der Waals surface area contributed by atoms with Crippen LogP contribution in [0.15, 0.2) is 35.4 Å². The molecule has 3 N–H and O–H groups in total. The van der Waals surface area contributed by atoms with Crippen molar-refractivity contribution in [2.45, 2.75) is 18.4 Å². The van der Waals surface area contributed by atoms with E-state index >= 15 is 0 Å². The largest absolute Gasteiger partial charge is 0.383 e. The Bertz CT molecular complexity index is 699. The van der Waals surface area contributed by atoms with Crippen molar-refractivity contribution in [3.8, 4) is 0 Å². The summed E-state index contributed by atoms with van der Waals surface area (Å²) in [6, 6.07) is 7.08. The van der Waals surface area contributed by atoms with Gasteiger partial charge in [0.1, 0.15) is 10.7 Å². The van der Waals surface area contributed by atoms with Crippen molar-refractivity contribution in [1.82, 2.24) is 14.5 Å². The molecule has 2 aromatic rings. The summed E-state index contributed by atoms with van der Waals surface area (Å²) >= 11 is 5.91. The maximum Gasteiger partial charge on any atom is 0.248 e. The lowest BCUT2D eigenvalue weighted by Crippen LogP contribution is -2.30. The minimum Gasteiger partial charge on any atom is -0.383 e. The number of halogens is 1. The van der Waals surface area contributed by atoms with Crippen LogP contribution < -0.4 is 5.73 Å². The Labute approximate surface area is 122 Å². The van der Waals surface area contributed by atoms with Gasteiger partial charge >= 0.3 is 0 Å². The van der Waals surface area contributed by atoms with Gasteiger partial charge in [-0.1, -0.05) is 30.7 Å². The fourth-order valence-electron chi connectivity index (χ4n) is 1.84. The monoisotopic (exact) mass is 314 g/mol. The summed E-state index contributed by atoms with van der Waals surface area (Å²) in [4.78, 5) is -0.0126. The Hall–Kier alpha value is -1.57. The molecule has 0 saturated carbocycles. The molecule has 0 unspecified atom stereocenters. The summed E-state index contributed by atoms with van der Waals surface area (Å²) in [5, 5.41) is 6.64. The van der Waals surface area contributed by atoms with E-state index in [1.54, 1.807) is 25.1 Å². The first-order chi connectivity index (χ1) is 9.45. The van der Waals surface area contributed by atoms with Gasteiger partial charge in [0, 0.05) is 18.1 Å². The number of hydrogen-bond acceptors (Lipinski definition) is 4. The second-order valence-electron chi connectivity index (χ2n) is 4.21. The van der Waals surface area contributed by atoms with Gasteiger partial charge in [-0.15, -0.1) is 0 Å². The number of hydrogen-bond donors (Lipinski definition) is 2. The minimum absolute atomic E-state index is 0.0126. The highest BCUT2D eigenvalue weighted by molar-refractivity contribution is 7.89. The molecule has 108 valence electrons. The van der Waals surface area contributed by atoms with Crippen molar-refractivity contribution in [2.24, 2.45) is 0 Å². The van der Waals surface area contributed by atoms with Crippen molar-refractivity contribution in [3.05, 3.63) is 41.0 Å². The fourth-order valence-corrected chi connectivity index (χ4v) is 3.49. The highest BCUT2D eigenvalue weighted by atomic mass is 35.5. The molecular weight excluding hydrogens is 300 g/mol. The van der Waals surface area contributed by atoms with Crippen molar-refractivity contribution < 1.29 is 8.42 Å². The zero-order valence-corrected chi connectivity index (χ0v) is 12.4. The predicted molar refractivity (Wildman–Crippen MR) is 77.7 cm³/mol. The molecule has 0 aliphatic carbocycles. The summed E-state index contributed by atoms with van der Waals surface area (Å²) in [5.74, 6) is 0.0366. The van der Waals surface area contributed by atoms with E-state index in [0.717, 1.165) is 5.56 Å². The van der Waals surface area contributed by atoms with Gasteiger partial charge in [0.05, 0.1) is 6.20 Å². The quantitative estimate of drug-likeness (QED) is 0.881. The third-order valence-corrected chi connectivity index (χ3v) is 5.03. The molecular formula is C12H15ClN4O2S. The summed E-state index contributed by atoms with van der Waals surface area (Å²) in [7, 11) is -3.68. The van der Waals surface area contributed by atoms with Crippen molar-refractivity contribution in [1.29, 1.82) is 0 Å². The van der Waals surface area contributed by atoms with Crippen molar-refractivity contribution in [3.63, 3.8) is 0 Å². The van der Waals surface area contributed by atoms with E-state index in [0.29, 0.717) is 11.6 Å². The molecule has 1 aromatic carbocycles. The van der Waals surface area contributed by atoms with E-state index in [9.17, 15) is 8.42 Å². The third-order valence-electron chi connectivity index (χ3n) is 2.85. The van der Waals surface area contributed by atoms with Gasteiger partial charge < -0.3 is 5.73 Å².